The molecule has 3 aliphatic heterocycles. The van der Waals surface area contributed by atoms with Gasteiger partial charge in [-0.25, -0.2) is 0 Å². The summed E-state index contributed by atoms with van der Waals surface area (Å²) in [6, 6.07) is 7.68. The first-order chi connectivity index (χ1) is 10.8. The molecular weight excluding hydrogens is 276 g/mol. The highest BCUT2D eigenvalue weighted by molar-refractivity contribution is 5.40. The quantitative estimate of drug-likeness (QED) is 0.785. The van der Waals surface area contributed by atoms with E-state index in [-0.39, 0.29) is 5.41 Å². The first-order valence-corrected chi connectivity index (χ1v) is 7.75. The molecule has 0 spiro atoms. The largest absolute Gasteiger partial charge is 0.323 e. The van der Waals surface area contributed by atoms with E-state index in [4.69, 9.17) is 20.6 Å². The Morgan fingerprint density at radius 2 is 1.64 bits per heavy atom. The van der Waals surface area contributed by atoms with Crippen molar-refractivity contribution in [2.24, 2.45) is 11.3 Å². The Bertz CT molecular complexity index is 643. The normalized spacial score (nSPS) is 33.4. The fourth-order valence-electron chi connectivity index (χ4n) is 3.46. The third-order valence-electron chi connectivity index (χ3n) is 5.14. The number of hydrogen-bond acceptors (Lipinski definition) is 3. The van der Waals surface area contributed by atoms with Gasteiger partial charge in [0.15, 0.2) is 0 Å². The van der Waals surface area contributed by atoms with Crippen molar-refractivity contribution >= 4 is 0 Å². The van der Waals surface area contributed by atoms with Crippen LogP contribution in [0.25, 0.3) is 0 Å². The SMILES string of the molecule is C#CC#Cc1ccc(C23OCC(C4CCC4)(CO2)CO3)cc1. The van der Waals surface area contributed by atoms with Crippen LogP contribution in [-0.2, 0) is 20.2 Å². The summed E-state index contributed by atoms with van der Waals surface area (Å²) in [5.74, 6) is 7.46. The Morgan fingerprint density at radius 3 is 2.14 bits per heavy atom. The highest BCUT2D eigenvalue weighted by Crippen LogP contribution is 2.52. The molecule has 0 amide bonds. The van der Waals surface area contributed by atoms with Crippen LogP contribution in [0.15, 0.2) is 24.3 Å². The van der Waals surface area contributed by atoms with Crippen LogP contribution in [0.5, 0.6) is 0 Å². The molecule has 4 aliphatic rings. The zero-order valence-electron chi connectivity index (χ0n) is 12.4. The van der Waals surface area contributed by atoms with Crippen LogP contribution in [0.1, 0.15) is 30.4 Å². The van der Waals surface area contributed by atoms with Gasteiger partial charge in [-0.3, -0.25) is 0 Å². The lowest BCUT2D eigenvalue weighted by Gasteiger charge is -2.56. The Labute approximate surface area is 130 Å². The lowest BCUT2D eigenvalue weighted by molar-refractivity contribution is -0.487. The average molecular weight is 294 g/mol. The smallest absolute Gasteiger partial charge is 0.312 e. The average Bonchev–Trinajstić information content (AvgIpc) is 2.53. The molecule has 1 saturated carbocycles. The van der Waals surface area contributed by atoms with Gasteiger partial charge in [0.25, 0.3) is 0 Å². The maximum atomic E-state index is 6.02. The number of ether oxygens (including phenoxy) is 3. The molecule has 4 fully saturated rings. The second kappa shape index (κ2) is 5.14. The summed E-state index contributed by atoms with van der Waals surface area (Å²) in [6.45, 7) is 2.16. The molecule has 3 heterocycles. The van der Waals surface area contributed by atoms with E-state index in [1.165, 1.54) is 19.3 Å². The summed E-state index contributed by atoms with van der Waals surface area (Å²) in [7, 11) is 0. The first-order valence-electron chi connectivity index (χ1n) is 7.75. The summed E-state index contributed by atoms with van der Waals surface area (Å²) in [4.78, 5) is 0. The molecule has 1 aromatic carbocycles. The van der Waals surface area contributed by atoms with Crippen LogP contribution >= 0.6 is 0 Å². The predicted molar refractivity (Wildman–Crippen MR) is 81.5 cm³/mol. The Balaban J connectivity index is 1.53. The van der Waals surface area contributed by atoms with E-state index < -0.39 is 5.97 Å². The topological polar surface area (TPSA) is 27.7 Å². The zero-order chi connectivity index (χ0) is 15.0. The fraction of sp³-hybridized carbons (Fsp3) is 0.474. The maximum absolute atomic E-state index is 6.02. The molecule has 112 valence electrons. The summed E-state index contributed by atoms with van der Waals surface area (Å²) in [5, 5.41) is 0. The zero-order valence-corrected chi connectivity index (χ0v) is 12.4. The van der Waals surface area contributed by atoms with Crippen molar-refractivity contribution in [1.82, 2.24) is 0 Å². The molecule has 1 aromatic rings. The number of rotatable bonds is 2. The van der Waals surface area contributed by atoms with Crippen molar-refractivity contribution in [3.05, 3.63) is 35.4 Å². The highest BCUT2D eigenvalue weighted by Gasteiger charge is 2.57. The van der Waals surface area contributed by atoms with Gasteiger partial charge in [0.05, 0.1) is 19.8 Å². The van der Waals surface area contributed by atoms with E-state index in [0.29, 0.717) is 5.92 Å². The Hall–Kier alpha value is -1.78. The standard InChI is InChI=1S/C19H18O3/c1-2-3-5-15-8-10-17(11-9-15)19-20-12-18(13-21-19,14-22-19)16-6-4-7-16/h1,8-11,16H,4,6-7,12-14H2. The summed E-state index contributed by atoms with van der Waals surface area (Å²) >= 11 is 0. The predicted octanol–water partition coefficient (Wildman–Crippen LogP) is 2.65. The highest BCUT2D eigenvalue weighted by atomic mass is 16.9. The first kappa shape index (κ1) is 13.9. The van der Waals surface area contributed by atoms with Gasteiger partial charge >= 0.3 is 5.97 Å². The fourth-order valence-corrected chi connectivity index (χ4v) is 3.46. The number of hydrogen-bond donors (Lipinski definition) is 0. The molecule has 3 nitrogen and oxygen atoms in total. The minimum Gasteiger partial charge on any atom is -0.323 e. The minimum atomic E-state index is -1.04. The molecule has 3 saturated heterocycles. The third-order valence-corrected chi connectivity index (χ3v) is 5.14. The summed E-state index contributed by atoms with van der Waals surface area (Å²) < 4.78 is 18.1. The van der Waals surface area contributed by atoms with Crippen LogP contribution in [0.2, 0.25) is 0 Å². The summed E-state index contributed by atoms with van der Waals surface area (Å²) in [5.41, 5.74) is 1.81. The van der Waals surface area contributed by atoms with Crippen molar-refractivity contribution in [2.45, 2.75) is 25.2 Å². The van der Waals surface area contributed by atoms with E-state index in [1.807, 2.05) is 24.3 Å². The van der Waals surface area contributed by atoms with E-state index in [2.05, 4.69) is 17.8 Å². The van der Waals surface area contributed by atoms with E-state index in [9.17, 15) is 0 Å². The molecule has 0 unspecified atom stereocenters. The van der Waals surface area contributed by atoms with Gasteiger partial charge in [-0.2, -0.15) is 0 Å². The van der Waals surface area contributed by atoms with Crippen LogP contribution in [0, 0.1) is 35.5 Å². The molecule has 0 N–H and O–H groups in total. The molecule has 2 bridgehead atoms. The van der Waals surface area contributed by atoms with Crippen LogP contribution in [0.3, 0.4) is 0 Å². The molecule has 0 atom stereocenters. The van der Waals surface area contributed by atoms with Gasteiger partial charge in [0.2, 0.25) is 0 Å². The van der Waals surface area contributed by atoms with Crippen molar-refractivity contribution in [1.29, 1.82) is 0 Å². The lowest BCUT2D eigenvalue weighted by Crippen LogP contribution is -2.61. The molecule has 22 heavy (non-hydrogen) atoms. The molecular formula is C19H18O3. The van der Waals surface area contributed by atoms with E-state index >= 15 is 0 Å². The lowest BCUT2D eigenvalue weighted by atomic mass is 9.65. The monoisotopic (exact) mass is 294 g/mol. The van der Waals surface area contributed by atoms with Crippen LogP contribution in [-0.4, -0.2) is 19.8 Å². The Kier molecular flexibility index (Phi) is 3.24. The van der Waals surface area contributed by atoms with E-state index in [0.717, 1.165) is 30.9 Å². The van der Waals surface area contributed by atoms with Crippen molar-refractivity contribution in [2.75, 3.05) is 19.8 Å². The van der Waals surface area contributed by atoms with Crippen LogP contribution in [0.4, 0.5) is 0 Å². The van der Waals surface area contributed by atoms with Gasteiger partial charge in [0, 0.05) is 16.5 Å². The Morgan fingerprint density at radius 1 is 1.00 bits per heavy atom. The van der Waals surface area contributed by atoms with Crippen molar-refractivity contribution < 1.29 is 14.2 Å². The molecule has 5 rings (SSSR count). The second-order valence-corrected chi connectivity index (χ2v) is 6.38. The maximum Gasteiger partial charge on any atom is 0.312 e. The second-order valence-electron chi connectivity index (χ2n) is 6.38. The van der Waals surface area contributed by atoms with E-state index in [1.54, 1.807) is 0 Å². The van der Waals surface area contributed by atoms with Crippen molar-refractivity contribution in [3.8, 4) is 24.2 Å². The van der Waals surface area contributed by atoms with Gasteiger partial charge in [-0.05, 0) is 54.9 Å². The molecule has 1 aliphatic carbocycles. The number of fused-ring (bicyclic) bond motifs is 3. The molecule has 0 aromatic heterocycles. The number of terminal acetylenes is 1. The number of benzene rings is 1. The summed E-state index contributed by atoms with van der Waals surface area (Å²) in [6.07, 6.45) is 9.00. The van der Waals surface area contributed by atoms with Gasteiger partial charge < -0.3 is 14.2 Å². The molecule has 0 radical (unpaired) electrons. The third kappa shape index (κ3) is 2.06. The van der Waals surface area contributed by atoms with Crippen LogP contribution < -0.4 is 0 Å². The van der Waals surface area contributed by atoms with Gasteiger partial charge in [-0.15, -0.1) is 6.42 Å². The minimum absolute atomic E-state index is 0.0677. The van der Waals surface area contributed by atoms with Gasteiger partial charge in [0.1, 0.15) is 0 Å². The van der Waals surface area contributed by atoms with Crippen molar-refractivity contribution in [3.63, 3.8) is 0 Å². The molecule has 3 heteroatoms. The van der Waals surface area contributed by atoms with Gasteiger partial charge in [-0.1, -0.05) is 12.3 Å².